The highest BCUT2D eigenvalue weighted by molar-refractivity contribution is 8.00. The van der Waals surface area contributed by atoms with Gasteiger partial charge in [0.1, 0.15) is 11.8 Å². The first-order valence-electron chi connectivity index (χ1n) is 8.71. The van der Waals surface area contributed by atoms with E-state index in [1.807, 2.05) is 57.3 Å². The van der Waals surface area contributed by atoms with Crippen LogP contribution in [0.5, 0.6) is 5.75 Å². The molecule has 1 atom stereocenters. The van der Waals surface area contributed by atoms with Crippen LogP contribution in [0.4, 0.5) is 5.13 Å². The minimum atomic E-state index is -0.484. The lowest BCUT2D eigenvalue weighted by molar-refractivity contribution is -0.130. The smallest absolute Gasteiger partial charge is 0.249 e. The molecule has 0 aliphatic carbocycles. The van der Waals surface area contributed by atoms with Crippen molar-refractivity contribution < 1.29 is 14.3 Å². The summed E-state index contributed by atoms with van der Waals surface area (Å²) in [7, 11) is 0. The van der Waals surface area contributed by atoms with E-state index in [2.05, 4.69) is 10.3 Å². The summed E-state index contributed by atoms with van der Waals surface area (Å²) in [6.07, 6.45) is 0.875. The molecule has 2 heterocycles. The highest BCUT2D eigenvalue weighted by atomic mass is 32.2. The molecule has 1 unspecified atom stereocenters. The molecular formula is C19H23N3O3S2. The molecule has 3 rings (SSSR count). The van der Waals surface area contributed by atoms with Gasteiger partial charge < -0.3 is 15.0 Å². The quantitative estimate of drug-likeness (QED) is 0.739. The maximum absolute atomic E-state index is 12.6. The molecule has 1 N–H and O–H groups in total. The van der Waals surface area contributed by atoms with Gasteiger partial charge in [-0.1, -0.05) is 0 Å². The molecule has 1 aromatic heterocycles. The Morgan fingerprint density at radius 1 is 1.37 bits per heavy atom. The van der Waals surface area contributed by atoms with Gasteiger partial charge in [-0.15, -0.1) is 23.1 Å². The number of benzene rings is 1. The van der Waals surface area contributed by atoms with Gasteiger partial charge in [0.25, 0.3) is 0 Å². The van der Waals surface area contributed by atoms with Crippen molar-refractivity contribution in [3.05, 3.63) is 29.6 Å². The van der Waals surface area contributed by atoms with Gasteiger partial charge in [-0.25, -0.2) is 4.98 Å². The fourth-order valence-electron chi connectivity index (χ4n) is 2.84. The minimum Gasteiger partial charge on any atom is -0.491 e. The first-order valence-corrected chi connectivity index (χ1v) is 10.6. The predicted octanol–water partition coefficient (Wildman–Crippen LogP) is 3.85. The Morgan fingerprint density at radius 3 is 2.70 bits per heavy atom. The number of hydrogen-bond acceptors (Lipinski definition) is 6. The van der Waals surface area contributed by atoms with E-state index in [0.29, 0.717) is 10.9 Å². The van der Waals surface area contributed by atoms with Crippen LogP contribution in [0.25, 0.3) is 11.3 Å². The molecular weight excluding hydrogens is 382 g/mol. The summed E-state index contributed by atoms with van der Waals surface area (Å²) in [5.74, 6) is 1.18. The molecule has 1 aliphatic heterocycles. The third kappa shape index (κ3) is 4.44. The summed E-state index contributed by atoms with van der Waals surface area (Å²) in [5.41, 5.74) is 1.75. The number of nitrogens with zero attached hydrogens (tertiary/aromatic N) is 2. The molecule has 0 bridgehead atoms. The molecule has 0 spiro atoms. The van der Waals surface area contributed by atoms with Crippen LogP contribution >= 0.6 is 23.1 Å². The second-order valence-electron chi connectivity index (χ2n) is 7.00. The van der Waals surface area contributed by atoms with Crippen molar-refractivity contribution in [1.82, 2.24) is 9.88 Å². The number of aromatic nitrogens is 1. The molecule has 1 saturated heterocycles. The molecule has 0 radical (unpaired) electrons. The Bertz CT molecular complexity index is 818. The first kappa shape index (κ1) is 19.7. The number of thiazole rings is 1. The lowest BCUT2D eigenvalue weighted by Gasteiger charge is -2.29. The molecule has 2 amide bonds. The van der Waals surface area contributed by atoms with E-state index in [-0.39, 0.29) is 16.9 Å². The third-order valence-corrected chi connectivity index (χ3v) is 6.38. The largest absolute Gasteiger partial charge is 0.491 e. The number of hydrogen-bond donors (Lipinski definition) is 1. The van der Waals surface area contributed by atoms with Gasteiger partial charge >= 0.3 is 0 Å². The second kappa shape index (κ2) is 7.90. The van der Waals surface area contributed by atoms with Crippen molar-refractivity contribution >= 4 is 40.5 Å². The fraction of sp³-hybridized carbons (Fsp3) is 0.421. The van der Waals surface area contributed by atoms with E-state index in [1.165, 1.54) is 11.3 Å². The van der Waals surface area contributed by atoms with Crippen molar-refractivity contribution in [2.75, 3.05) is 11.1 Å². The number of thioether (sulfide) groups is 1. The summed E-state index contributed by atoms with van der Waals surface area (Å²) in [6.45, 7) is 7.85. The van der Waals surface area contributed by atoms with Crippen molar-refractivity contribution in [1.29, 1.82) is 0 Å². The summed E-state index contributed by atoms with van der Waals surface area (Å²) in [5, 5.41) is 5.27. The normalized spacial score (nSPS) is 18.6. The minimum absolute atomic E-state index is 0.126. The molecule has 6 nitrogen and oxygen atoms in total. The van der Waals surface area contributed by atoms with Crippen molar-refractivity contribution in [3.8, 4) is 17.0 Å². The van der Waals surface area contributed by atoms with E-state index in [4.69, 9.17) is 4.74 Å². The van der Waals surface area contributed by atoms with Gasteiger partial charge in [-0.2, -0.15) is 0 Å². The topological polar surface area (TPSA) is 71.5 Å². The van der Waals surface area contributed by atoms with Gasteiger partial charge in [0.05, 0.1) is 16.7 Å². The summed E-state index contributed by atoms with van der Waals surface area (Å²) in [6, 6.07) is 7.23. The van der Waals surface area contributed by atoms with Crippen LogP contribution in [0.15, 0.2) is 29.6 Å². The molecule has 144 valence electrons. The van der Waals surface area contributed by atoms with Crippen LogP contribution in [-0.4, -0.2) is 45.0 Å². The van der Waals surface area contributed by atoms with E-state index in [9.17, 15) is 9.59 Å². The van der Waals surface area contributed by atoms with Crippen molar-refractivity contribution in [2.24, 2.45) is 0 Å². The zero-order valence-corrected chi connectivity index (χ0v) is 17.4. The Kier molecular flexibility index (Phi) is 5.76. The number of rotatable bonds is 6. The highest BCUT2D eigenvalue weighted by Gasteiger charge is 2.43. The maximum Gasteiger partial charge on any atom is 0.249 e. The van der Waals surface area contributed by atoms with Crippen LogP contribution in [0, 0.1) is 0 Å². The van der Waals surface area contributed by atoms with Gasteiger partial charge in [0, 0.05) is 16.7 Å². The van der Waals surface area contributed by atoms with Crippen LogP contribution in [0.2, 0.25) is 0 Å². The molecule has 1 aliphatic rings. The molecule has 27 heavy (non-hydrogen) atoms. The average molecular weight is 406 g/mol. The molecule has 0 saturated carbocycles. The molecule has 1 aromatic carbocycles. The number of nitrogens with one attached hydrogen (secondary N) is 1. The highest BCUT2D eigenvalue weighted by Crippen LogP contribution is 2.38. The van der Waals surface area contributed by atoms with Crippen molar-refractivity contribution in [2.45, 2.75) is 44.7 Å². The SMILES string of the molecule is CC(C)Oc1ccc(-c2csc(NC(=O)C3CSC(C)(C)N3C=O)n2)cc1. The van der Waals surface area contributed by atoms with Gasteiger partial charge in [0.2, 0.25) is 12.3 Å². The Labute approximate surface area is 167 Å². The zero-order valence-electron chi connectivity index (χ0n) is 15.8. The van der Waals surface area contributed by atoms with Crippen LogP contribution in [-0.2, 0) is 9.59 Å². The maximum atomic E-state index is 12.6. The summed E-state index contributed by atoms with van der Waals surface area (Å²) >= 11 is 2.96. The summed E-state index contributed by atoms with van der Waals surface area (Å²) < 4.78 is 5.65. The monoisotopic (exact) mass is 405 g/mol. The number of amides is 2. The third-order valence-electron chi connectivity index (χ3n) is 4.22. The molecule has 1 fully saturated rings. The average Bonchev–Trinajstić information content (AvgIpc) is 3.18. The van der Waals surface area contributed by atoms with Gasteiger partial charge in [-0.3, -0.25) is 9.59 Å². The fourth-order valence-corrected chi connectivity index (χ4v) is 4.76. The second-order valence-corrected chi connectivity index (χ2v) is 9.48. The lowest BCUT2D eigenvalue weighted by Crippen LogP contribution is -2.47. The Balaban J connectivity index is 1.67. The number of anilines is 1. The van der Waals surface area contributed by atoms with Gasteiger partial charge in [-0.05, 0) is 52.0 Å². The first-order chi connectivity index (χ1) is 12.8. The van der Waals surface area contributed by atoms with E-state index < -0.39 is 6.04 Å². The van der Waals surface area contributed by atoms with Crippen LogP contribution < -0.4 is 10.1 Å². The summed E-state index contributed by atoms with van der Waals surface area (Å²) in [4.78, 5) is 29.7. The van der Waals surface area contributed by atoms with E-state index in [1.54, 1.807) is 16.7 Å². The number of ether oxygens (including phenoxy) is 1. The standard InChI is InChI=1S/C19H23N3O3S2/c1-12(2)25-14-7-5-13(6-8-14)15-9-26-18(20-15)21-17(24)16-10-27-19(3,4)22(16)11-23/h5-9,11-12,16H,10H2,1-4H3,(H,20,21,24). The lowest BCUT2D eigenvalue weighted by atomic mass is 10.2. The Morgan fingerprint density at radius 2 is 2.07 bits per heavy atom. The zero-order chi connectivity index (χ0) is 19.6. The van der Waals surface area contributed by atoms with E-state index in [0.717, 1.165) is 23.4 Å². The number of carbonyl (C=O) groups is 2. The molecule has 2 aromatic rings. The van der Waals surface area contributed by atoms with E-state index >= 15 is 0 Å². The van der Waals surface area contributed by atoms with Crippen molar-refractivity contribution in [3.63, 3.8) is 0 Å². The van der Waals surface area contributed by atoms with Gasteiger partial charge in [0.15, 0.2) is 5.13 Å². The van der Waals surface area contributed by atoms with Crippen LogP contribution in [0.1, 0.15) is 27.7 Å². The Hall–Kier alpha value is -2.06. The molecule has 8 heteroatoms. The predicted molar refractivity (Wildman–Crippen MR) is 110 cm³/mol. The number of carbonyl (C=O) groups excluding carboxylic acids is 2. The van der Waals surface area contributed by atoms with Crippen LogP contribution in [0.3, 0.4) is 0 Å².